The minimum atomic E-state index is -0.0892. The Morgan fingerprint density at radius 2 is 1.70 bits per heavy atom. The van der Waals surface area contributed by atoms with Crippen molar-refractivity contribution in [2.24, 2.45) is 0 Å². The number of hydrogen-bond donors (Lipinski definition) is 1. The Balaban J connectivity index is 1.39. The summed E-state index contributed by atoms with van der Waals surface area (Å²) in [6.07, 6.45) is 5.18. The van der Waals surface area contributed by atoms with E-state index in [0.29, 0.717) is 18.8 Å². The number of nitrogens with zero attached hydrogens (tertiary/aromatic N) is 4. The van der Waals surface area contributed by atoms with Crippen LogP contribution in [-0.2, 0) is 0 Å². The van der Waals surface area contributed by atoms with E-state index in [2.05, 4.69) is 38.4 Å². The molecule has 1 N–H and O–H groups in total. The van der Waals surface area contributed by atoms with Gasteiger partial charge in [-0.25, -0.2) is 9.78 Å². The number of rotatable bonds is 3. The van der Waals surface area contributed by atoms with Crippen LogP contribution >= 0.6 is 0 Å². The Labute approximate surface area is 158 Å². The number of anilines is 2. The van der Waals surface area contributed by atoms with Crippen LogP contribution < -0.4 is 10.2 Å². The highest BCUT2D eigenvalue weighted by molar-refractivity contribution is 5.89. The first-order valence-corrected chi connectivity index (χ1v) is 9.02. The van der Waals surface area contributed by atoms with Gasteiger partial charge < -0.3 is 15.1 Å². The molecule has 3 heterocycles. The monoisotopic (exact) mass is 359 g/mol. The maximum atomic E-state index is 12.4. The Kier molecular flexibility index (Phi) is 4.96. The van der Waals surface area contributed by atoms with E-state index in [1.165, 1.54) is 5.56 Å². The molecule has 0 bridgehead atoms. The van der Waals surface area contributed by atoms with Gasteiger partial charge in [-0.05, 0) is 35.4 Å². The topological polar surface area (TPSA) is 61.4 Å². The zero-order valence-electron chi connectivity index (χ0n) is 15.0. The van der Waals surface area contributed by atoms with Crippen molar-refractivity contribution in [1.82, 2.24) is 14.9 Å². The standard InChI is InChI=1S/C21H21N5O/c27-21(24-19-7-4-9-22-16-19)26-13-11-25(12-14-26)20-15-18(8-10-23-20)17-5-2-1-3-6-17/h1-10,15-16H,11-14H2,(H,24,27). The van der Waals surface area contributed by atoms with Gasteiger partial charge in [-0.2, -0.15) is 0 Å². The van der Waals surface area contributed by atoms with Crippen LogP contribution in [0.25, 0.3) is 11.1 Å². The van der Waals surface area contributed by atoms with E-state index < -0.39 is 0 Å². The van der Waals surface area contributed by atoms with Gasteiger partial charge >= 0.3 is 6.03 Å². The van der Waals surface area contributed by atoms with E-state index in [9.17, 15) is 4.79 Å². The third kappa shape index (κ3) is 4.06. The number of nitrogens with one attached hydrogen (secondary N) is 1. The first-order valence-electron chi connectivity index (χ1n) is 9.02. The normalized spacial score (nSPS) is 14.1. The fourth-order valence-corrected chi connectivity index (χ4v) is 3.18. The van der Waals surface area contributed by atoms with Crippen molar-refractivity contribution in [3.8, 4) is 11.1 Å². The lowest BCUT2D eigenvalue weighted by molar-refractivity contribution is 0.208. The second kappa shape index (κ2) is 7.86. The number of carbonyl (C=O) groups is 1. The highest BCUT2D eigenvalue weighted by Crippen LogP contribution is 2.23. The molecule has 1 saturated heterocycles. The summed E-state index contributed by atoms with van der Waals surface area (Å²) >= 11 is 0. The molecule has 3 aromatic rings. The highest BCUT2D eigenvalue weighted by Gasteiger charge is 2.22. The maximum Gasteiger partial charge on any atom is 0.322 e. The molecule has 0 saturated carbocycles. The molecule has 0 unspecified atom stereocenters. The minimum Gasteiger partial charge on any atom is -0.353 e. The van der Waals surface area contributed by atoms with Crippen LogP contribution in [-0.4, -0.2) is 47.1 Å². The summed E-state index contributed by atoms with van der Waals surface area (Å²) < 4.78 is 0. The van der Waals surface area contributed by atoms with E-state index in [-0.39, 0.29) is 6.03 Å². The summed E-state index contributed by atoms with van der Waals surface area (Å²) in [6, 6.07) is 18.0. The van der Waals surface area contributed by atoms with E-state index in [4.69, 9.17) is 0 Å². The molecule has 27 heavy (non-hydrogen) atoms. The summed E-state index contributed by atoms with van der Waals surface area (Å²) in [5.41, 5.74) is 3.04. The summed E-state index contributed by atoms with van der Waals surface area (Å²) in [4.78, 5) is 25.0. The van der Waals surface area contributed by atoms with Crippen LogP contribution in [0.1, 0.15) is 0 Å². The largest absolute Gasteiger partial charge is 0.353 e. The Hall–Kier alpha value is -3.41. The molecule has 6 nitrogen and oxygen atoms in total. The fraction of sp³-hybridized carbons (Fsp3) is 0.190. The molecule has 2 amide bonds. The first kappa shape index (κ1) is 17.0. The van der Waals surface area contributed by atoms with Crippen LogP contribution in [0.2, 0.25) is 0 Å². The lowest BCUT2D eigenvalue weighted by atomic mass is 10.1. The van der Waals surface area contributed by atoms with Crippen molar-refractivity contribution in [3.63, 3.8) is 0 Å². The molecular weight excluding hydrogens is 338 g/mol. The third-order valence-corrected chi connectivity index (χ3v) is 4.66. The number of piperazine rings is 1. The Bertz CT molecular complexity index is 893. The highest BCUT2D eigenvalue weighted by atomic mass is 16.2. The van der Waals surface area contributed by atoms with Gasteiger partial charge in [0.15, 0.2) is 0 Å². The number of hydrogen-bond acceptors (Lipinski definition) is 4. The van der Waals surface area contributed by atoms with Crippen molar-refractivity contribution < 1.29 is 4.79 Å². The average Bonchev–Trinajstić information content (AvgIpc) is 2.75. The lowest BCUT2D eigenvalue weighted by Crippen LogP contribution is -2.50. The van der Waals surface area contributed by atoms with Crippen molar-refractivity contribution in [1.29, 1.82) is 0 Å². The van der Waals surface area contributed by atoms with Crippen LogP contribution in [0.3, 0.4) is 0 Å². The van der Waals surface area contributed by atoms with Gasteiger partial charge in [-0.3, -0.25) is 4.98 Å². The molecule has 6 heteroatoms. The molecule has 0 spiro atoms. The zero-order valence-corrected chi connectivity index (χ0v) is 15.0. The van der Waals surface area contributed by atoms with Crippen LogP contribution in [0.5, 0.6) is 0 Å². The Morgan fingerprint density at radius 1 is 0.889 bits per heavy atom. The molecule has 0 atom stereocenters. The summed E-state index contributed by atoms with van der Waals surface area (Å²) in [5.74, 6) is 0.948. The zero-order chi connectivity index (χ0) is 18.5. The predicted molar refractivity (Wildman–Crippen MR) is 107 cm³/mol. The van der Waals surface area contributed by atoms with Gasteiger partial charge in [0.2, 0.25) is 0 Å². The second-order valence-corrected chi connectivity index (χ2v) is 6.41. The number of pyridine rings is 2. The summed E-state index contributed by atoms with van der Waals surface area (Å²) in [7, 11) is 0. The van der Waals surface area contributed by atoms with E-state index >= 15 is 0 Å². The number of carbonyl (C=O) groups excluding carboxylic acids is 1. The number of amides is 2. The number of urea groups is 1. The quantitative estimate of drug-likeness (QED) is 0.777. The molecule has 1 aliphatic rings. The SMILES string of the molecule is O=C(Nc1cccnc1)N1CCN(c2cc(-c3ccccc3)ccn2)CC1. The molecule has 1 aliphatic heterocycles. The number of benzene rings is 1. The lowest BCUT2D eigenvalue weighted by Gasteiger charge is -2.35. The van der Waals surface area contributed by atoms with Gasteiger partial charge in [0.05, 0.1) is 11.9 Å². The molecule has 1 aromatic carbocycles. The molecule has 0 radical (unpaired) electrons. The molecular formula is C21H21N5O. The molecule has 2 aromatic heterocycles. The molecule has 136 valence electrons. The smallest absolute Gasteiger partial charge is 0.322 e. The summed E-state index contributed by atoms with van der Waals surface area (Å²) in [6.45, 7) is 2.82. The van der Waals surface area contributed by atoms with Gasteiger partial charge in [0, 0.05) is 38.6 Å². The van der Waals surface area contributed by atoms with Crippen molar-refractivity contribution in [3.05, 3.63) is 73.2 Å². The third-order valence-electron chi connectivity index (χ3n) is 4.66. The van der Waals surface area contributed by atoms with Crippen molar-refractivity contribution >= 4 is 17.5 Å². The molecule has 0 aliphatic carbocycles. The van der Waals surface area contributed by atoms with E-state index in [0.717, 1.165) is 24.5 Å². The van der Waals surface area contributed by atoms with E-state index in [1.807, 2.05) is 41.4 Å². The van der Waals surface area contributed by atoms with Crippen LogP contribution in [0.15, 0.2) is 73.2 Å². The van der Waals surface area contributed by atoms with Gasteiger partial charge in [-0.1, -0.05) is 30.3 Å². The molecule has 1 fully saturated rings. The van der Waals surface area contributed by atoms with Crippen molar-refractivity contribution in [2.75, 3.05) is 36.4 Å². The first-order chi connectivity index (χ1) is 13.3. The molecule has 4 rings (SSSR count). The predicted octanol–water partition coefficient (Wildman–Crippen LogP) is 3.50. The van der Waals surface area contributed by atoms with Crippen LogP contribution in [0, 0.1) is 0 Å². The fourth-order valence-electron chi connectivity index (χ4n) is 3.18. The maximum absolute atomic E-state index is 12.4. The average molecular weight is 359 g/mol. The number of aromatic nitrogens is 2. The van der Waals surface area contributed by atoms with Gasteiger partial charge in [0.25, 0.3) is 0 Å². The van der Waals surface area contributed by atoms with E-state index in [1.54, 1.807) is 18.5 Å². The Morgan fingerprint density at radius 3 is 2.44 bits per heavy atom. The van der Waals surface area contributed by atoms with Gasteiger partial charge in [0.1, 0.15) is 5.82 Å². The minimum absolute atomic E-state index is 0.0892. The van der Waals surface area contributed by atoms with Crippen molar-refractivity contribution in [2.45, 2.75) is 0 Å². The second-order valence-electron chi connectivity index (χ2n) is 6.41. The summed E-state index contributed by atoms with van der Waals surface area (Å²) in [5, 5.41) is 2.89. The van der Waals surface area contributed by atoms with Crippen LogP contribution in [0.4, 0.5) is 16.3 Å². The van der Waals surface area contributed by atoms with Gasteiger partial charge in [-0.15, -0.1) is 0 Å².